The molecular weight excluding hydrogens is 304 g/mol. The number of nitrogens with one attached hydrogen (secondary N) is 1. The van der Waals surface area contributed by atoms with E-state index < -0.39 is 12.0 Å². The van der Waals surface area contributed by atoms with Crippen LogP contribution < -0.4 is 10.2 Å². The highest BCUT2D eigenvalue weighted by atomic mass is 32.1. The Bertz CT molecular complexity index is 611. The lowest BCUT2D eigenvalue weighted by atomic mass is 10.3. The third-order valence-electron chi connectivity index (χ3n) is 3.09. The van der Waals surface area contributed by atoms with Crippen molar-refractivity contribution in [2.45, 2.75) is 13.0 Å². The first kappa shape index (κ1) is 16.1. The van der Waals surface area contributed by atoms with Gasteiger partial charge in [0.2, 0.25) is 6.04 Å². The average Bonchev–Trinajstić information content (AvgIpc) is 2.96. The standard InChI is InChI=1S/C14H16N4O3S/c1-2-21-14(19)11(8-15)17-10-7-13(22-12(10)9-16)18-3-5-20-6-4-18/h7,11,17H,2-6H2,1H3. The fourth-order valence-electron chi connectivity index (χ4n) is 2.03. The highest BCUT2D eigenvalue weighted by Gasteiger charge is 2.23. The Morgan fingerprint density at radius 1 is 1.55 bits per heavy atom. The third kappa shape index (κ3) is 3.67. The fourth-order valence-corrected chi connectivity index (χ4v) is 3.00. The van der Waals surface area contributed by atoms with Gasteiger partial charge in [-0.05, 0) is 13.0 Å². The molecule has 22 heavy (non-hydrogen) atoms. The summed E-state index contributed by atoms with van der Waals surface area (Å²) in [6.07, 6.45) is 0. The normalized spacial score (nSPS) is 15.5. The molecule has 1 N–H and O–H groups in total. The number of rotatable bonds is 5. The van der Waals surface area contributed by atoms with E-state index in [9.17, 15) is 10.1 Å². The van der Waals surface area contributed by atoms with E-state index >= 15 is 0 Å². The fraction of sp³-hybridized carbons (Fsp3) is 0.500. The van der Waals surface area contributed by atoms with Crippen molar-refractivity contribution in [1.29, 1.82) is 10.5 Å². The second-order valence-corrected chi connectivity index (χ2v) is 5.53. The Labute approximate surface area is 132 Å². The molecular formula is C14H16N4O3S. The van der Waals surface area contributed by atoms with E-state index in [0.29, 0.717) is 23.8 Å². The van der Waals surface area contributed by atoms with E-state index in [1.54, 1.807) is 13.0 Å². The summed E-state index contributed by atoms with van der Waals surface area (Å²) in [5.41, 5.74) is 0.480. The minimum atomic E-state index is -1.13. The predicted octanol–water partition coefficient (Wildman–Crippen LogP) is 1.32. The van der Waals surface area contributed by atoms with Gasteiger partial charge in [-0.1, -0.05) is 0 Å². The first-order valence-corrected chi connectivity index (χ1v) is 7.70. The molecule has 2 heterocycles. The van der Waals surface area contributed by atoms with Crippen molar-refractivity contribution in [2.24, 2.45) is 0 Å². The zero-order valence-corrected chi connectivity index (χ0v) is 13.0. The summed E-state index contributed by atoms with van der Waals surface area (Å²) in [6, 6.07) is 4.61. The molecule has 1 aromatic heterocycles. The van der Waals surface area contributed by atoms with Crippen LogP contribution >= 0.6 is 11.3 Å². The first-order chi connectivity index (χ1) is 10.7. The lowest BCUT2D eigenvalue weighted by Crippen LogP contribution is -2.35. The Kier molecular flexibility index (Phi) is 5.59. The van der Waals surface area contributed by atoms with Crippen molar-refractivity contribution >= 4 is 28.0 Å². The number of hydrogen-bond acceptors (Lipinski definition) is 8. The van der Waals surface area contributed by atoms with Crippen LogP contribution in [-0.2, 0) is 14.3 Å². The summed E-state index contributed by atoms with van der Waals surface area (Å²) >= 11 is 1.33. The maximum atomic E-state index is 11.7. The summed E-state index contributed by atoms with van der Waals surface area (Å²) in [7, 11) is 0. The number of morpholine rings is 1. The van der Waals surface area contributed by atoms with Crippen LogP contribution in [0, 0.1) is 22.7 Å². The molecule has 0 radical (unpaired) electrons. The smallest absolute Gasteiger partial charge is 0.343 e. The molecule has 0 aromatic carbocycles. The molecule has 1 aromatic rings. The zero-order chi connectivity index (χ0) is 15.9. The molecule has 0 spiro atoms. The van der Waals surface area contributed by atoms with Gasteiger partial charge in [0, 0.05) is 13.1 Å². The van der Waals surface area contributed by atoms with E-state index in [0.717, 1.165) is 18.1 Å². The van der Waals surface area contributed by atoms with Crippen LogP contribution in [0.3, 0.4) is 0 Å². The third-order valence-corrected chi connectivity index (χ3v) is 4.20. The molecule has 1 fully saturated rings. The summed E-state index contributed by atoms with van der Waals surface area (Å²) in [5, 5.41) is 22.0. The van der Waals surface area contributed by atoms with E-state index in [2.05, 4.69) is 16.3 Å². The number of thiophene rings is 1. The van der Waals surface area contributed by atoms with Crippen LogP contribution in [0.1, 0.15) is 11.8 Å². The van der Waals surface area contributed by atoms with Gasteiger partial charge in [-0.15, -0.1) is 11.3 Å². The SMILES string of the molecule is CCOC(=O)C(C#N)Nc1cc(N2CCOCC2)sc1C#N. The number of ether oxygens (including phenoxy) is 2. The maximum Gasteiger partial charge on any atom is 0.343 e. The summed E-state index contributed by atoms with van der Waals surface area (Å²) in [5.74, 6) is -0.645. The topological polar surface area (TPSA) is 98.4 Å². The van der Waals surface area contributed by atoms with E-state index in [1.165, 1.54) is 11.3 Å². The number of anilines is 2. The molecule has 0 amide bonds. The molecule has 8 heteroatoms. The molecule has 0 bridgehead atoms. The molecule has 0 aliphatic carbocycles. The quantitative estimate of drug-likeness (QED) is 0.817. The van der Waals surface area contributed by atoms with Crippen molar-refractivity contribution in [3.63, 3.8) is 0 Å². The van der Waals surface area contributed by atoms with E-state index in [1.807, 2.05) is 6.07 Å². The molecule has 1 atom stereocenters. The highest BCUT2D eigenvalue weighted by Crippen LogP contribution is 2.34. The molecule has 1 aliphatic rings. The summed E-state index contributed by atoms with van der Waals surface area (Å²) < 4.78 is 10.1. The van der Waals surface area contributed by atoms with Gasteiger partial charge in [-0.25, -0.2) is 4.79 Å². The van der Waals surface area contributed by atoms with Crippen LogP contribution in [0.15, 0.2) is 6.07 Å². The number of esters is 1. The molecule has 116 valence electrons. The first-order valence-electron chi connectivity index (χ1n) is 6.89. The largest absolute Gasteiger partial charge is 0.464 e. The number of nitriles is 2. The zero-order valence-electron chi connectivity index (χ0n) is 12.2. The van der Waals surface area contributed by atoms with Gasteiger partial charge in [-0.2, -0.15) is 10.5 Å². The maximum absolute atomic E-state index is 11.7. The van der Waals surface area contributed by atoms with Gasteiger partial charge >= 0.3 is 5.97 Å². The molecule has 1 unspecified atom stereocenters. The number of nitrogens with zero attached hydrogens (tertiary/aromatic N) is 3. The van der Waals surface area contributed by atoms with Crippen LogP contribution in [-0.4, -0.2) is 44.9 Å². The number of hydrogen-bond donors (Lipinski definition) is 1. The van der Waals surface area contributed by atoms with Gasteiger partial charge in [0.05, 0.1) is 36.6 Å². The molecule has 2 rings (SSSR count). The van der Waals surface area contributed by atoms with E-state index in [-0.39, 0.29) is 6.61 Å². The van der Waals surface area contributed by atoms with Crippen LogP contribution in [0.2, 0.25) is 0 Å². The van der Waals surface area contributed by atoms with Crippen LogP contribution in [0.4, 0.5) is 10.7 Å². The second-order valence-electron chi connectivity index (χ2n) is 4.50. The lowest BCUT2D eigenvalue weighted by Gasteiger charge is -2.27. The Hall–Kier alpha value is -2.29. The summed E-state index contributed by atoms with van der Waals surface area (Å²) in [6.45, 7) is 4.67. The minimum Gasteiger partial charge on any atom is -0.464 e. The van der Waals surface area contributed by atoms with Gasteiger partial charge in [0.15, 0.2) is 0 Å². The van der Waals surface area contributed by atoms with Crippen molar-refractivity contribution in [2.75, 3.05) is 43.1 Å². The van der Waals surface area contributed by atoms with Crippen molar-refractivity contribution in [1.82, 2.24) is 0 Å². The molecule has 0 saturated carbocycles. The Morgan fingerprint density at radius 3 is 2.86 bits per heavy atom. The predicted molar refractivity (Wildman–Crippen MR) is 81.7 cm³/mol. The summed E-state index contributed by atoms with van der Waals surface area (Å²) in [4.78, 5) is 14.2. The monoisotopic (exact) mass is 320 g/mol. The van der Waals surface area contributed by atoms with Gasteiger partial charge in [-0.3, -0.25) is 0 Å². The molecule has 1 saturated heterocycles. The van der Waals surface area contributed by atoms with Gasteiger partial charge in [0.1, 0.15) is 10.9 Å². The Balaban J connectivity index is 2.16. The van der Waals surface area contributed by atoms with Crippen LogP contribution in [0.25, 0.3) is 0 Å². The number of carbonyl (C=O) groups is 1. The average molecular weight is 320 g/mol. The molecule has 7 nitrogen and oxygen atoms in total. The van der Waals surface area contributed by atoms with Gasteiger partial charge in [0.25, 0.3) is 0 Å². The highest BCUT2D eigenvalue weighted by molar-refractivity contribution is 7.17. The van der Waals surface area contributed by atoms with E-state index in [4.69, 9.17) is 14.7 Å². The minimum absolute atomic E-state index is 0.201. The van der Waals surface area contributed by atoms with Crippen molar-refractivity contribution < 1.29 is 14.3 Å². The second kappa shape index (κ2) is 7.64. The number of carbonyl (C=O) groups excluding carboxylic acids is 1. The lowest BCUT2D eigenvalue weighted by molar-refractivity contribution is -0.142. The van der Waals surface area contributed by atoms with Gasteiger partial charge < -0.3 is 19.7 Å². The van der Waals surface area contributed by atoms with Crippen LogP contribution in [0.5, 0.6) is 0 Å². The van der Waals surface area contributed by atoms with Crippen molar-refractivity contribution in [3.05, 3.63) is 10.9 Å². The Morgan fingerprint density at radius 2 is 2.27 bits per heavy atom. The molecule has 1 aliphatic heterocycles. The van der Waals surface area contributed by atoms with Crippen molar-refractivity contribution in [3.8, 4) is 12.1 Å².